The highest BCUT2D eigenvalue weighted by Gasteiger charge is 2.04. The van der Waals surface area contributed by atoms with Crippen LogP contribution in [0, 0.1) is 0 Å². The number of hydrogen-bond acceptors (Lipinski definition) is 5. The molecule has 0 unspecified atom stereocenters. The molecule has 0 amide bonds. The summed E-state index contributed by atoms with van der Waals surface area (Å²) in [5.41, 5.74) is 6.19. The van der Waals surface area contributed by atoms with Crippen LogP contribution in [0.25, 0.3) is 0 Å². The Morgan fingerprint density at radius 3 is 2.76 bits per heavy atom. The van der Waals surface area contributed by atoms with E-state index in [0.717, 1.165) is 11.4 Å². The third-order valence-corrected chi connectivity index (χ3v) is 2.23. The normalized spacial score (nSPS) is 11.1. The summed E-state index contributed by atoms with van der Waals surface area (Å²) in [6.07, 6.45) is 0.450. The summed E-state index contributed by atoms with van der Waals surface area (Å²) in [7, 11) is 3.18. The highest BCUT2D eigenvalue weighted by Crippen LogP contribution is 2.28. The zero-order valence-electron chi connectivity index (χ0n) is 9.93. The second-order valence-electron chi connectivity index (χ2n) is 3.33. The van der Waals surface area contributed by atoms with E-state index in [9.17, 15) is 0 Å². The summed E-state index contributed by atoms with van der Waals surface area (Å²) in [5, 5.41) is 14.4. The average Bonchev–Trinajstić information content (AvgIpc) is 2.38. The highest BCUT2D eigenvalue weighted by atomic mass is 16.5. The number of rotatable bonds is 6. The fourth-order valence-corrected chi connectivity index (χ4v) is 1.32. The Kier molecular flexibility index (Phi) is 4.93. The Bertz CT molecular complexity index is 394. The topological polar surface area (TPSA) is 89.1 Å². The molecule has 6 nitrogen and oxygen atoms in total. The van der Waals surface area contributed by atoms with Gasteiger partial charge in [-0.25, -0.2) is 0 Å². The lowest BCUT2D eigenvalue weighted by molar-refractivity contribution is 0.317. The standard InChI is InChI=1S/C11H17N3O3/c1-16-8-3-4-9(10(7-8)17-2)13-6-5-11(12)14-15/h3-4,7,13,15H,5-6H2,1-2H3,(H2,12,14). The van der Waals surface area contributed by atoms with Crippen LogP contribution < -0.4 is 20.5 Å². The molecule has 0 bridgehead atoms. The van der Waals surface area contributed by atoms with Gasteiger partial charge < -0.3 is 25.7 Å². The summed E-state index contributed by atoms with van der Waals surface area (Å²) < 4.78 is 10.3. The molecular weight excluding hydrogens is 222 g/mol. The molecule has 6 heteroatoms. The van der Waals surface area contributed by atoms with Crippen LogP contribution >= 0.6 is 0 Å². The molecule has 1 rings (SSSR count). The van der Waals surface area contributed by atoms with Crippen molar-refractivity contribution in [2.24, 2.45) is 10.9 Å². The number of methoxy groups -OCH3 is 2. The van der Waals surface area contributed by atoms with E-state index in [4.69, 9.17) is 20.4 Å². The lowest BCUT2D eigenvalue weighted by Gasteiger charge is -2.12. The Labute approximate surface area is 100 Å². The number of nitrogens with one attached hydrogen (secondary N) is 1. The summed E-state index contributed by atoms with van der Waals surface area (Å²) in [5.74, 6) is 1.60. The maximum Gasteiger partial charge on any atom is 0.145 e. The van der Waals surface area contributed by atoms with E-state index in [2.05, 4.69) is 10.5 Å². The Hall–Kier alpha value is -2.11. The van der Waals surface area contributed by atoms with Crippen molar-refractivity contribution in [3.63, 3.8) is 0 Å². The van der Waals surface area contributed by atoms with Crippen LogP contribution in [0.4, 0.5) is 5.69 Å². The molecule has 0 aliphatic heterocycles. The molecule has 0 heterocycles. The Morgan fingerprint density at radius 2 is 2.18 bits per heavy atom. The van der Waals surface area contributed by atoms with Crippen LogP contribution in [0.5, 0.6) is 11.5 Å². The second-order valence-corrected chi connectivity index (χ2v) is 3.33. The molecule has 0 aliphatic carbocycles. The molecule has 0 fully saturated rings. The maximum atomic E-state index is 8.39. The summed E-state index contributed by atoms with van der Waals surface area (Å²) in [6.45, 7) is 0.554. The molecule has 0 saturated heterocycles. The molecule has 1 aromatic carbocycles. The van der Waals surface area contributed by atoms with Crippen LogP contribution in [0.2, 0.25) is 0 Å². The molecule has 0 atom stereocenters. The van der Waals surface area contributed by atoms with E-state index in [-0.39, 0.29) is 5.84 Å². The predicted octanol–water partition coefficient (Wildman–Crippen LogP) is 1.25. The lowest BCUT2D eigenvalue weighted by Crippen LogP contribution is -2.16. The van der Waals surface area contributed by atoms with Gasteiger partial charge in [0, 0.05) is 19.0 Å². The number of oxime groups is 1. The summed E-state index contributed by atoms with van der Waals surface area (Å²) in [4.78, 5) is 0. The van der Waals surface area contributed by atoms with E-state index in [1.807, 2.05) is 12.1 Å². The number of nitrogens with two attached hydrogens (primary N) is 1. The third-order valence-electron chi connectivity index (χ3n) is 2.23. The first-order valence-electron chi connectivity index (χ1n) is 5.13. The van der Waals surface area contributed by atoms with Gasteiger partial charge in [-0.3, -0.25) is 0 Å². The van der Waals surface area contributed by atoms with Gasteiger partial charge in [-0.15, -0.1) is 0 Å². The molecule has 0 saturated carbocycles. The highest BCUT2D eigenvalue weighted by molar-refractivity contribution is 5.80. The smallest absolute Gasteiger partial charge is 0.145 e. The molecule has 0 aromatic heterocycles. The van der Waals surface area contributed by atoms with Crippen LogP contribution in [-0.2, 0) is 0 Å². The monoisotopic (exact) mass is 239 g/mol. The van der Waals surface area contributed by atoms with E-state index in [0.29, 0.717) is 18.7 Å². The number of amidine groups is 1. The van der Waals surface area contributed by atoms with Gasteiger partial charge in [0.15, 0.2) is 0 Å². The molecular formula is C11H17N3O3. The molecule has 0 aliphatic rings. The third kappa shape index (κ3) is 3.75. The molecule has 0 radical (unpaired) electrons. The van der Waals surface area contributed by atoms with Crippen molar-refractivity contribution in [2.75, 3.05) is 26.1 Å². The van der Waals surface area contributed by atoms with Gasteiger partial charge in [0.2, 0.25) is 0 Å². The minimum absolute atomic E-state index is 0.185. The first-order valence-corrected chi connectivity index (χ1v) is 5.13. The lowest BCUT2D eigenvalue weighted by atomic mass is 10.2. The first kappa shape index (κ1) is 13.0. The minimum atomic E-state index is 0.185. The molecule has 17 heavy (non-hydrogen) atoms. The van der Waals surface area contributed by atoms with Crippen molar-refractivity contribution in [1.29, 1.82) is 0 Å². The van der Waals surface area contributed by atoms with Crippen molar-refractivity contribution in [2.45, 2.75) is 6.42 Å². The van der Waals surface area contributed by atoms with Crippen molar-refractivity contribution >= 4 is 11.5 Å². The summed E-state index contributed by atoms with van der Waals surface area (Å²) >= 11 is 0. The largest absolute Gasteiger partial charge is 0.497 e. The van der Waals surface area contributed by atoms with Crippen molar-refractivity contribution < 1.29 is 14.7 Å². The minimum Gasteiger partial charge on any atom is -0.497 e. The quantitative estimate of drug-likeness (QED) is 0.301. The van der Waals surface area contributed by atoms with Crippen LogP contribution in [0.15, 0.2) is 23.4 Å². The van der Waals surface area contributed by atoms with Gasteiger partial charge in [0.25, 0.3) is 0 Å². The molecule has 0 spiro atoms. The zero-order valence-corrected chi connectivity index (χ0v) is 9.93. The Morgan fingerprint density at radius 1 is 1.41 bits per heavy atom. The van der Waals surface area contributed by atoms with Gasteiger partial charge in [0.05, 0.1) is 19.9 Å². The fraction of sp³-hybridized carbons (Fsp3) is 0.364. The number of hydrogen-bond donors (Lipinski definition) is 3. The van der Waals surface area contributed by atoms with Crippen LogP contribution in [-0.4, -0.2) is 31.8 Å². The van der Waals surface area contributed by atoms with E-state index < -0.39 is 0 Å². The predicted molar refractivity (Wildman–Crippen MR) is 66.1 cm³/mol. The average molecular weight is 239 g/mol. The van der Waals surface area contributed by atoms with E-state index in [1.165, 1.54) is 0 Å². The number of nitrogens with zero attached hydrogens (tertiary/aromatic N) is 1. The molecule has 1 aromatic rings. The van der Waals surface area contributed by atoms with Crippen LogP contribution in [0.1, 0.15) is 6.42 Å². The van der Waals surface area contributed by atoms with Gasteiger partial charge in [0.1, 0.15) is 17.3 Å². The van der Waals surface area contributed by atoms with Gasteiger partial charge in [-0.1, -0.05) is 5.16 Å². The van der Waals surface area contributed by atoms with Gasteiger partial charge in [-0.05, 0) is 12.1 Å². The first-order chi connectivity index (χ1) is 8.21. The van der Waals surface area contributed by atoms with Crippen molar-refractivity contribution in [3.05, 3.63) is 18.2 Å². The zero-order chi connectivity index (χ0) is 12.7. The SMILES string of the molecule is COc1ccc(NCC/C(N)=N/O)c(OC)c1. The fourth-order valence-electron chi connectivity index (χ4n) is 1.32. The molecule has 94 valence electrons. The van der Waals surface area contributed by atoms with E-state index in [1.54, 1.807) is 20.3 Å². The van der Waals surface area contributed by atoms with E-state index >= 15 is 0 Å². The Balaban J connectivity index is 2.64. The van der Waals surface area contributed by atoms with Crippen molar-refractivity contribution in [1.82, 2.24) is 0 Å². The number of ether oxygens (including phenoxy) is 2. The number of benzene rings is 1. The molecule has 4 N–H and O–H groups in total. The summed E-state index contributed by atoms with van der Waals surface area (Å²) in [6, 6.07) is 5.46. The second kappa shape index (κ2) is 6.47. The number of anilines is 1. The van der Waals surface area contributed by atoms with Crippen molar-refractivity contribution in [3.8, 4) is 11.5 Å². The van der Waals surface area contributed by atoms with Gasteiger partial charge in [-0.2, -0.15) is 0 Å². The maximum absolute atomic E-state index is 8.39. The van der Waals surface area contributed by atoms with Gasteiger partial charge >= 0.3 is 0 Å². The van der Waals surface area contributed by atoms with Crippen LogP contribution in [0.3, 0.4) is 0 Å².